The van der Waals surface area contributed by atoms with E-state index in [1.807, 2.05) is 6.92 Å². The van der Waals surface area contributed by atoms with E-state index in [2.05, 4.69) is 12.2 Å². The van der Waals surface area contributed by atoms with Crippen LogP contribution in [0, 0.1) is 5.92 Å². The van der Waals surface area contributed by atoms with Gasteiger partial charge in [-0.25, -0.2) is 0 Å². The third-order valence-electron chi connectivity index (χ3n) is 3.34. The molecule has 0 spiro atoms. The number of hydrogen-bond donors (Lipinski definition) is 2. The van der Waals surface area contributed by atoms with Crippen LogP contribution >= 0.6 is 0 Å². The highest BCUT2D eigenvalue weighted by molar-refractivity contribution is 5.80. The Bertz CT molecular complexity index is 309. The average molecular weight is 272 g/mol. The standard InChI is InChI=1S/C13H24N2O4/c1-3-6-14-11-9-19-8-10(11)13(18)15(4-2)7-5-12(16)17/h10-11,14H,3-9H2,1-2H3,(H,16,17). The Balaban J connectivity index is 2.54. The summed E-state index contributed by atoms with van der Waals surface area (Å²) in [6, 6.07) is 0.0475. The van der Waals surface area contributed by atoms with Crippen molar-refractivity contribution in [3.63, 3.8) is 0 Å². The summed E-state index contributed by atoms with van der Waals surface area (Å²) >= 11 is 0. The number of hydrogen-bond acceptors (Lipinski definition) is 4. The molecule has 1 aliphatic rings. The number of nitrogens with zero attached hydrogens (tertiary/aromatic N) is 1. The molecule has 1 amide bonds. The first kappa shape index (κ1) is 15.9. The van der Waals surface area contributed by atoms with Gasteiger partial charge in [0.25, 0.3) is 0 Å². The maximum atomic E-state index is 12.4. The van der Waals surface area contributed by atoms with Gasteiger partial charge < -0.3 is 20.1 Å². The van der Waals surface area contributed by atoms with E-state index < -0.39 is 5.97 Å². The highest BCUT2D eigenvalue weighted by Crippen LogP contribution is 2.17. The number of carbonyl (C=O) groups excluding carboxylic acids is 1. The van der Waals surface area contributed by atoms with E-state index in [1.165, 1.54) is 0 Å². The number of aliphatic carboxylic acids is 1. The van der Waals surface area contributed by atoms with Gasteiger partial charge in [-0.15, -0.1) is 0 Å². The summed E-state index contributed by atoms with van der Waals surface area (Å²) in [5.74, 6) is -1.08. The van der Waals surface area contributed by atoms with Crippen molar-refractivity contribution in [1.82, 2.24) is 10.2 Å². The quantitative estimate of drug-likeness (QED) is 0.665. The average Bonchev–Trinajstić information content (AvgIpc) is 2.84. The van der Waals surface area contributed by atoms with Crippen LogP contribution in [0.5, 0.6) is 0 Å². The van der Waals surface area contributed by atoms with E-state index in [-0.39, 0.29) is 30.8 Å². The van der Waals surface area contributed by atoms with Gasteiger partial charge in [0.15, 0.2) is 0 Å². The van der Waals surface area contributed by atoms with Crippen LogP contribution < -0.4 is 5.32 Å². The topological polar surface area (TPSA) is 78.9 Å². The van der Waals surface area contributed by atoms with Gasteiger partial charge in [0, 0.05) is 19.1 Å². The number of carbonyl (C=O) groups is 2. The molecule has 110 valence electrons. The van der Waals surface area contributed by atoms with Crippen LogP contribution in [-0.2, 0) is 14.3 Å². The molecule has 6 nitrogen and oxygen atoms in total. The van der Waals surface area contributed by atoms with E-state index in [1.54, 1.807) is 4.90 Å². The summed E-state index contributed by atoms with van der Waals surface area (Å²) in [6.45, 7) is 6.56. The second-order valence-electron chi connectivity index (χ2n) is 4.77. The molecule has 0 bridgehead atoms. The number of nitrogens with one attached hydrogen (secondary N) is 1. The molecule has 2 N–H and O–H groups in total. The van der Waals surface area contributed by atoms with Gasteiger partial charge in [0.1, 0.15) is 0 Å². The van der Waals surface area contributed by atoms with Gasteiger partial charge >= 0.3 is 5.97 Å². The Labute approximate surface area is 114 Å². The molecule has 0 aromatic heterocycles. The van der Waals surface area contributed by atoms with Crippen molar-refractivity contribution in [1.29, 1.82) is 0 Å². The Morgan fingerprint density at radius 2 is 2.11 bits per heavy atom. The van der Waals surface area contributed by atoms with Crippen molar-refractivity contribution in [2.75, 3.05) is 32.8 Å². The first-order valence-electron chi connectivity index (χ1n) is 6.91. The molecule has 19 heavy (non-hydrogen) atoms. The second-order valence-corrected chi connectivity index (χ2v) is 4.77. The lowest BCUT2D eigenvalue weighted by atomic mass is 10.0. The van der Waals surface area contributed by atoms with Gasteiger partial charge in [0.2, 0.25) is 5.91 Å². The Morgan fingerprint density at radius 3 is 2.68 bits per heavy atom. The largest absolute Gasteiger partial charge is 0.481 e. The lowest BCUT2D eigenvalue weighted by molar-refractivity contribution is -0.139. The molecule has 0 aromatic rings. The molecule has 1 fully saturated rings. The van der Waals surface area contributed by atoms with Crippen molar-refractivity contribution < 1.29 is 19.4 Å². The van der Waals surface area contributed by atoms with Crippen LogP contribution in [0.3, 0.4) is 0 Å². The lowest BCUT2D eigenvalue weighted by Crippen LogP contribution is -2.46. The van der Waals surface area contributed by atoms with Crippen LogP contribution in [0.1, 0.15) is 26.7 Å². The molecule has 0 radical (unpaired) electrons. The van der Waals surface area contributed by atoms with Gasteiger partial charge in [0.05, 0.1) is 25.6 Å². The zero-order valence-corrected chi connectivity index (χ0v) is 11.7. The van der Waals surface area contributed by atoms with E-state index in [9.17, 15) is 9.59 Å². The van der Waals surface area contributed by atoms with Crippen molar-refractivity contribution in [2.24, 2.45) is 5.92 Å². The normalized spacial score (nSPS) is 22.4. The molecule has 2 unspecified atom stereocenters. The summed E-state index contributed by atoms with van der Waals surface area (Å²) < 4.78 is 5.38. The fourth-order valence-corrected chi connectivity index (χ4v) is 2.22. The number of amides is 1. The lowest BCUT2D eigenvalue weighted by Gasteiger charge is -2.26. The predicted molar refractivity (Wildman–Crippen MR) is 70.9 cm³/mol. The highest BCUT2D eigenvalue weighted by atomic mass is 16.5. The fourth-order valence-electron chi connectivity index (χ4n) is 2.22. The van der Waals surface area contributed by atoms with E-state index in [4.69, 9.17) is 9.84 Å². The van der Waals surface area contributed by atoms with Gasteiger partial charge in [-0.1, -0.05) is 6.92 Å². The summed E-state index contributed by atoms with van der Waals surface area (Å²) in [4.78, 5) is 24.6. The molecule has 2 atom stereocenters. The van der Waals surface area contributed by atoms with E-state index in [0.29, 0.717) is 19.8 Å². The van der Waals surface area contributed by atoms with Crippen molar-refractivity contribution in [3.05, 3.63) is 0 Å². The SMILES string of the molecule is CCCNC1COCC1C(=O)N(CC)CCC(=O)O. The number of ether oxygens (including phenoxy) is 1. The van der Waals surface area contributed by atoms with Gasteiger partial charge in [-0.2, -0.15) is 0 Å². The minimum Gasteiger partial charge on any atom is -0.481 e. The van der Waals surface area contributed by atoms with Crippen molar-refractivity contribution in [3.8, 4) is 0 Å². The molecule has 6 heteroatoms. The molecule has 1 aliphatic heterocycles. The molecule has 0 aliphatic carbocycles. The number of rotatable bonds is 8. The Morgan fingerprint density at radius 1 is 1.37 bits per heavy atom. The minimum atomic E-state index is -0.880. The fraction of sp³-hybridized carbons (Fsp3) is 0.846. The van der Waals surface area contributed by atoms with E-state index in [0.717, 1.165) is 13.0 Å². The molecule has 0 saturated carbocycles. The first-order chi connectivity index (χ1) is 9.10. The van der Waals surface area contributed by atoms with Crippen LogP contribution in [-0.4, -0.2) is 60.8 Å². The third kappa shape index (κ3) is 4.80. The molecular formula is C13H24N2O4. The monoisotopic (exact) mass is 272 g/mol. The van der Waals surface area contributed by atoms with Crippen LogP contribution in [0.4, 0.5) is 0 Å². The molecule has 1 saturated heterocycles. The summed E-state index contributed by atoms with van der Waals surface area (Å²) in [5.41, 5.74) is 0. The maximum absolute atomic E-state index is 12.4. The van der Waals surface area contributed by atoms with Crippen LogP contribution in [0.25, 0.3) is 0 Å². The molecule has 1 rings (SSSR count). The van der Waals surface area contributed by atoms with Gasteiger partial charge in [-0.3, -0.25) is 9.59 Å². The summed E-state index contributed by atoms with van der Waals surface area (Å²) in [6.07, 6.45) is 0.994. The van der Waals surface area contributed by atoms with Crippen molar-refractivity contribution >= 4 is 11.9 Å². The van der Waals surface area contributed by atoms with E-state index >= 15 is 0 Å². The summed E-state index contributed by atoms with van der Waals surface area (Å²) in [5, 5.41) is 12.0. The molecular weight excluding hydrogens is 248 g/mol. The smallest absolute Gasteiger partial charge is 0.305 e. The highest BCUT2D eigenvalue weighted by Gasteiger charge is 2.35. The maximum Gasteiger partial charge on any atom is 0.305 e. The predicted octanol–water partition coefficient (Wildman–Crippen LogP) is 0.324. The number of carboxylic acids is 1. The Kier molecular flexibility index (Phi) is 6.80. The first-order valence-corrected chi connectivity index (χ1v) is 6.91. The van der Waals surface area contributed by atoms with Crippen LogP contribution in [0.2, 0.25) is 0 Å². The summed E-state index contributed by atoms with van der Waals surface area (Å²) in [7, 11) is 0. The van der Waals surface area contributed by atoms with Crippen molar-refractivity contribution in [2.45, 2.75) is 32.7 Å². The zero-order chi connectivity index (χ0) is 14.3. The minimum absolute atomic E-state index is 0.00477. The van der Waals surface area contributed by atoms with Gasteiger partial charge in [-0.05, 0) is 19.9 Å². The van der Waals surface area contributed by atoms with Crippen LogP contribution in [0.15, 0.2) is 0 Å². The Hall–Kier alpha value is -1.14. The molecule has 1 heterocycles. The third-order valence-corrected chi connectivity index (χ3v) is 3.34. The number of carboxylic acid groups (broad SMARTS) is 1. The molecule has 0 aromatic carbocycles. The second kappa shape index (κ2) is 8.12. The zero-order valence-electron chi connectivity index (χ0n) is 11.7.